The summed E-state index contributed by atoms with van der Waals surface area (Å²) in [6.45, 7) is 7.17. The third-order valence-electron chi connectivity index (χ3n) is 9.44. The van der Waals surface area contributed by atoms with E-state index in [-0.39, 0.29) is 42.1 Å². The number of ketones is 2. The molecule has 3 fully saturated rings. The van der Waals surface area contributed by atoms with Crippen LogP contribution in [-0.2, 0) is 19.1 Å². The second-order valence-corrected chi connectivity index (χ2v) is 10.8. The highest BCUT2D eigenvalue weighted by atomic mass is 35.5. The van der Waals surface area contributed by atoms with E-state index in [1.54, 1.807) is 13.8 Å². The Morgan fingerprint density at radius 3 is 2.56 bits per heavy atom. The largest absolute Gasteiger partial charge is 0.508 e. The van der Waals surface area contributed by atoms with Crippen LogP contribution in [0.4, 0.5) is 4.39 Å². The molecule has 0 bridgehead atoms. The number of fused-ring (bicyclic) bond motifs is 5. The van der Waals surface area contributed by atoms with Crippen LogP contribution in [0, 0.1) is 28.6 Å². The molecule has 0 aromatic heterocycles. The molecule has 0 heterocycles. The first kappa shape index (κ1) is 23.5. The van der Waals surface area contributed by atoms with Gasteiger partial charge in [0.25, 0.3) is 0 Å². The number of aliphatic hydroxyl groups excluding tert-OH is 1. The van der Waals surface area contributed by atoms with Gasteiger partial charge in [0.15, 0.2) is 17.2 Å². The molecule has 7 atom stereocenters. The average molecular weight is 467 g/mol. The van der Waals surface area contributed by atoms with Crippen molar-refractivity contribution >= 4 is 29.1 Å². The highest BCUT2D eigenvalue weighted by Crippen LogP contribution is 2.71. The number of allylic oxidation sites excluding steroid dienone is 3. The summed E-state index contributed by atoms with van der Waals surface area (Å²) in [5.74, 6) is -2.60. The number of rotatable bonds is 4. The molecule has 0 aliphatic heterocycles. The van der Waals surface area contributed by atoms with Gasteiger partial charge in [-0.25, -0.2) is 4.39 Å². The molecule has 0 aromatic rings. The quantitative estimate of drug-likeness (QED) is 0.465. The third kappa shape index (κ3) is 2.65. The van der Waals surface area contributed by atoms with Gasteiger partial charge in [-0.2, -0.15) is 0 Å². The van der Waals surface area contributed by atoms with Crippen molar-refractivity contribution in [1.82, 2.24) is 0 Å². The molecule has 4 aliphatic carbocycles. The second-order valence-electron chi connectivity index (χ2n) is 10.5. The first-order chi connectivity index (χ1) is 14.9. The van der Waals surface area contributed by atoms with E-state index in [1.165, 1.54) is 6.08 Å². The Hall–Kier alpha value is -1.69. The van der Waals surface area contributed by atoms with Crippen LogP contribution in [0.15, 0.2) is 23.5 Å². The monoisotopic (exact) mass is 466 g/mol. The lowest BCUT2D eigenvalue weighted by Gasteiger charge is -2.61. The molecular formula is C25H32ClFO5. The van der Waals surface area contributed by atoms with Crippen molar-refractivity contribution in [1.29, 1.82) is 0 Å². The summed E-state index contributed by atoms with van der Waals surface area (Å²) in [7, 11) is 0. The van der Waals surface area contributed by atoms with E-state index in [1.807, 2.05) is 13.8 Å². The van der Waals surface area contributed by atoms with Crippen molar-refractivity contribution in [2.45, 2.75) is 77.5 Å². The topological polar surface area (TPSA) is 80.7 Å². The predicted molar refractivity (Wildman–Crippen MR) is 118 cm³/mol. The minimum atomic E-state index is -1.80. The summed E-state index contributed by atoms with van der Waals surface area (Å²) in [6, 6.07) is 0. The highest BCUT2D eigenvalue weighted by molar-refractivity contribution is 6.29. The number of halogens is 2. The lowest BCUT2D eigenvalue weighted by atomic mass is 9.45. The molecular weight excluding hydrogens is 435 g/mol. The summed E-state index contributed by atoms with van der Waals surface area (Å²) in [5.41, 5.74) is -4.66. The zero-order valence-electron chi connectivity index (χ0n) is 19.2. The van der Waals surface area contributed by atoms with Crippen molar-refractivity contribution in [3.63, 3.8) is 0 Å². The van der Waals surface area contributed by atoms with Gasteiger partial charge in [-0.15, -0.1) is 11.6 Å². The van der Waals surface area contributed by atoms with Crippen LogP contribution >= 0.6 is 11.6 Å². The van der Waals surface area contributed by atoms with E-state index < -0.39 is 39.8 Å². The zero-order chi connectivity index (χ0) is 23.7. The van der Waals surface area contributed by atoms with Gasteiger partial charge in [-0.05, 0) is 62.5 Å². The predicted octanol–water partition coefficient (Wildman–Crippen LogP) is 5.02. The number of carbonyl (C=O) groups is 3. The van der Waals surface area contributed by atoms with Crippen LogP contribution in [0.5, 0.6) is 0 Å². The lowest BCUT2D eigenvalue weighted by molar-refractivity contribution is -0.203. The molecule has 0 radical (unpaired) electrons. The average Bonchev–Trinajstić information content (AvgIpc) is 2.97. The molecule has 5 nitrogen and oxygen atoms in total. The number of carbonyl (C=O) groups excluding carboxylic acids is 3. The minimum Gasteiger partial charge on any atom is -0.508 e. The normalized spacial score (nSPS) is 45.2. The van der Waals surface area contributed by atoms with Gasteiger partial charge in [-0.3, -0.25) is 14.4 Å². The van der Waals surface area contributed by atoms with Gasteiger partial charge in [0.1, 0.15) is 11.4 Å². The van der Waals surface area contributed by atoms with E-state index in [4.69, 9.17) is 16.3 Å². The fraction of sp³-hybridized carbons (Fsp3) is 0.720. The van der Waals surface area contributed by atoms with E-state index in [2.05, 4.69) is 0 Å². The van der Waals surface area contributed by atoms with Gasteiger partial charge < -0.3 is 9.84 Å². The fourth-order valence-electron chi connectivity index (χ4n) is 7.75. The number of esters is 1. The van der Waals surface area contributed by atoms with Crippen molar-refractivity contribution in [2.75, 3.05) is 5.88 Å². The molecule has 4 rings (SSSR count). The Kier molecular flexibility index (Phi) is 5.43. The molecule has 4 aliphatic rings. The SMILES string of the molecule is CCC(=O)O[C@]1(C(=O)CCl)C(C)C[C@H]2[C@@H]3CCC4=CC(O)=CC(=O)[C@]4(C)[C@@]3(F)CC[C@@]21C. The number of ether oxygens (including phenoxy) is 1. The molecule has 0 amide bonds. The maximum absolute atomic E-state index is 17.1. The Balaban J connectivity index is 1.81. The molecule has 1 N–H and O–H groups in total. The van der Waals surface area contributed by atoms with Crippen LogP contribution in [0.2, 0.25) is 0 Å². The highest BCUT2D eigenvalue weighted by Gasteiger charge is 2.75. The standard InChI is InChI=1S/C25H32ClFO5/c1-5-21(31)32-25(20(30)13-26)14(2)10-18-17-7-6-15-11-16(28)12-19(29)23(15,4)24(17,27)9-8-22(18,25)3/h11-12,14,17-18,28H,5-10,13H2,1-4H3/t14?,17-,18-,22-,23+,24+,25-/m0/s1. The molecule has 0 aromatic carbocycles. The maximum atomic E-state index is 17.1. The molecule has 3 saturated carbocycles. The summed E-state index contributed by atoms with van der Waals surface area (Å²) < 4.78 is 23.1. The number of alkyl halides is 2. The Bertz CT molecular complexity index is 943. The number of Topliss-reactive ketones (excluding diaryl/α,β-unsaturated/α-hetero) is 1. The molecule has 1 unspecified atom stereocenters. The van der Waals surface area contributed by atoms with Crippen molar-refractivity contribution < 1.29 is 28.6 Å². The number of hydrogen-bond acceptors (Lipinski definition) is 5. The van der Waals surface area contributed by atoms with Gasteiger partial charge in [-0.1, -0.05) is 20.8 Å². The van der Waals surface area contributed by atoms with Gasteiger partial charge >= 0.3 is 5.97 Å². The van der Waals surface area contributed by atoms with Crippen molar-refractivity contribution in [3.05, 3.63) is 23.5 Å². The minimum absolute atomic E-state index is 0.0760. The van der Waals surface area contributed by atoms with Crippen LogP contribution in [0.25, 0.3) is 0 Å². The van der Waals surface area contributed by atoms with E-state index in [9.17, 15) is 19.5 Å². The van der Waals surface area contributed by atoms with Crippen molar-refractivity contribution in [3.8, 4) is 0 Å². The number of aliphatic hydroxyl groups is 1. The number of hydrogen-bond donors (Lipinski definition) is 1. The summed E-state index contributed by atoms with van der Waals surface area (Å²) in [6.07, 6.45) is 4.72. The van der Waals surface area contributed by atoms with Crippen molar-refractivity contribution in [2.24, 2.45) is 28.6 Å². The lowest BCUT2D eigenvalue weighted by Crippen LogP contribution is -2.66. The summed E-state index contributed by atoms with van der Waals surface area (Å²) >= 11 is 6.02. The Labute approximate surface area is 193 Å². The van der Waals surface area contributed by atoms with Crippen LogP contribution < -0.4 is 0 Å². The zero-order valence-corrected chi connectivity index (χ0v) is 19.9. The van der Waals surface area contributed by atoms with Gasteiger partial charge in [0.05, 0.1) is 11.3 Å². The van der Waals surface area contributed by atoms with Gasteiger partial charge in [0.2, 0.25) is 0 Å². The summed E-state index contributed by atoms with van der Waals surface area (Å²) in [4.78, 5) is 38.8. The van der Waals surface area contributed by atoms with Crippen LogP contribution in [0.3, 0.4) is 0 Å². The summed E-state index contributed by atoms with van der Waals surface area (Å²) in [5, 5.41) is 9.95. The first-order valence-electron chi connectivity index (χ1n) is 11.6. The maximum Gasteiger partial charge on any atom is 0.306 e. The van der Waals surface area contributed by atoms with Crippen LogP contribution in [-0.4, -0.2) is 39.8 Å². The smallest absolute Gasteiger partial charge is 0.306 e. The molecule has 176 valence electrons. The molecule has 0 saturated heterocycles. The second kappa shape index (κ2) is 7.41. The molecule has 32 heavy (non-hydrogen) atoms. The molecule has 7 heteroatoms. The van der Waals surface area contributed by atoms with E-state index in [0.717, 1.165) is 6.08 Å². The van der Waals surface area contributed by atoms with E-state index >= 15 is 4.39 Å². The first-order valence-corrected chi connectivity index (χ1v) is 12.1. The van der Waals surface area contributed by atoms with Gasteiger partial charge in [0, 0.05) is 23.8 Å². The Morgan fingerprint density at radius 1 is 1.25 bits per heavy atom. The fourth-order valence-corrected chi connectivity index (χ4v) is 7.94. The molecule has 0 spiro atoms. The third-order valence-corrected chi connectivity index (χ3v) is 9.68. The van der Waals surface area contributed by atoms with Crippen LogP contribution in [0.1, 0.15) is 66.2 Å². The Morgan fingerprint density at radius 2 is 1.94 bits per heavy atom. The van der Waals surface area contributed by atoms with E-state index in [0.29, 0.717) is 31.3 Å².